The van der Waals surface area contributed by atoms with Gasteiger partial charge in [0.1, 0.15) is 11.1 Å². The molecule has 0 bridgehead atoms. The first-order valence-electron chi connectivity index (χ1n) is 5.64. The van der Waals surface area contributed by atoms with Gasteiger partial charge in [0.2, 0.25) is 0 Å². The average Bonchev–Trinajstić information content (AvgIpc) is 2.38. The van der Waals surface area contributed by atoms with Gasteiger partial charge in [-0.1, -0.05) is 24.9 Å². The standard InChI is InChI=1S/C12H12ClN3O3/c1-2-3-9(7-14)15-12(17)8-4-5-10(13)11(6-8)16(18)19/h4-6,9H,2-3H2,1H3,(H,15,17). The van der Waals surface area contributed by atoms with Crippen LogP contribution in [-0.4, -0.2) is 16.9 Å². The first-order valence-corrected chi connectivity index (χ1v) is 6.01. The summed E-state index contributed by atoms with van der Waals surface area (Å²) in [5.74, 6) is -0.528. The summed E-state index contributed by atoms with van der Waals surface area (Å²) in [6, 6.07) is 5.12. The lowest BCUT2D eigenvalue weighted by Gasteiger charge is -2.10. The van der Waals surface area contributed by atoms with E-state index < -0.39 is 16.9 Å². The summed E-state index contributed by atoms with van der Waals surface area (Å²) in [5, 5.41) is 22.0. The van der Waals surface area contributed by atoms with E-state index >= 15 is 0 Å². The number of carbonyl (C=O) groups is 1. The number of benzene rings is 1. The molecule has 0 spiro atoms. The van der Waals surface area contributed by atoms with Gasteiger partial charge >= 0.3 is 0 Å². The predicted molar refractivity (Wildman–Crippen MR) is 69.9 cm³/mol. The minimum absolute atomic E-state index is 0.0352. The molecule has 0 aliphatic rings. The fourth-order valence-electron chi connectivity index (χ4n) is 1.49. The highest BCUT2D eigenvalue weighted by atomic mass is 35.5. The van der Waals surface area contributed by atoms with Crippen LogP contribution in [0.1, 0.15) is 30.1 Å². The van der Waals surface area contributed by atoms with Crippen LogP contribution >= 0.6 is 11.6 Å². The second-order valence-corrected chi connectivity index (χ2v) is 4.27. The van der Waals surface area contributed by atoms with E-state index in [1.165, 1.54) is 12.1 Å². The molecule has 100 valence electrons. The Morgan fingerprint density at radius 2 is 2.32 bits per heavy atom. The molecule has 0 saturated carbocycles. The lowest BCUT2D eigenvalue weighted by Crippen LogP contribution is -2.33. The first kappa shape index (κ1) is 14.9. The highest BCUT2D eigenvalue weighted by Gasteiger charge is 2.18. The average molecular weight is 282 g/mol. The molecule has 1 unspecified atom stereocenters. The van der Waals surface area contributed by atoms with Crippen molar-refractivity contribution in [3.05, 3.63) is 38.9 Å². The molecule has 0 aliphatic heterocycles. The molecule has 1 aromatic carbocycles. The normalized spacial score (nSPS) is 11.4. The van der Waals surface area contributed by atoms with E-state index in [0.29, 0.717) is 6.42 Å². The van der Waals surface area contributed by atoms with Gasteiger partial charge < -0.3 is 5.32 Å². The van der Waals surface area contributed by atoms with Gasteiger partial charge in [-0.05, 0) is 18.6 Å². The van der Waals surface area contributed by atoms with E-state index in [9.17, 15) is 14.9 Å². The second kappa shape index (κ2) is 6.71. The van der Waals surface area contributed by atoms with Crippen LogP contribution in [0.25, 0.3) is 0 Å². The minimum Gasteiger partial charge on any atom is -0.336 e. The maximum absolute atomic E-state index is 11.8. The zero-order valence-electron chi connectivity index (χ0n) is 10.2. The van der Waals surface area contributed by atoms with Crippen molar-refractivity contribution in [3.63, 3.8) is 0 Å². The van der Waals surface area contributed by atoms with Crippen molar-refractivity contribution in [1.29, 1.82) is 5.26 Å². The van der Waals surface area contributed by atoms with E-state index in [4.69, 9.17) is 16.9 Å². The number of amides is 1. The Hall–Kier alpha value is -2.13. The summed E-state index contributed by atoms with van der Waals surface area (Å²) in [7, 11) is 0. The minimum atomic E-state index is -0.660. The molecule has 0 aliphatic carbocycles. The van der Waals surface area contributed by atoms with Gasteiger partial charge in [0, 0.05) is 11.6 Å². The molecule has 0 heterocycles. The number of rotatable bonds is 5. The Bertz CT molecular complexity index is 540. The molecule has 6 nitrogen and oxygen atoms in total. The molecular formula is C12H12ClN3O3. The van der Waals surface area contributed by atoms with Gasteiger partial charge in [-0.2, -0.15) is 5.26 Å². The molecule has 0 radical (unpaired) electrons. The van der Waals surface area contributed by atoms with Crippen molar-refractivity contribution in [3.8, 4) is 6.07 Å². The van der Waals surface area contributed by atoms with Crippen LogP contribution < -0.4 is 5.32 Å². The van der Waals surface area contributed by atoms with Crippen LogP contribution in [-0.2, 0) is 0 Å². The summed E-state index contributed by atoms with van der Waals surface area (Å²) in [5.41, 5.74) is -0.231. The zero-order chi connectivity index (χ0) is 14.4. The lowest BCUT2D eigenvalue weighted by molar-refractivity contribution is -0.384. The van der Waals surface area contributed by atoms with E-state index in [1.54, 1.807) is 0 Å². The van der Waals surface area contributed by atoms with Gasteiger partial charge in [0.25, 0.3) is 11.6 Å². The molecule has 1 amide bonds. The summed E-state index contributed by atoms with van der Waals surface area (Å²) < 4.78 is 0. The lowest BCUT2D eigenvalue weighted by atomic mass is 10.1. The Morgan fingerprint density at radius 1 is 1.63 bits per heavy atom. The van der Waals surface area contributed by atoms with Gasteiger partial charge in [0.15, 0.2) is 0 Å². The molecule has 1 N–H and O–H groups in total. The fraction of sp³-hybridized carbons (Fsp3) is 0.333. The monoisotopic (exact) mass is 281 g/mol. The van der Waals surface area contributed by atoms with Gasteiger partial charge in [-0.15, -0.1) is 0 Å². The van der Waals surface area contributed by atoms with Crippen molar-refractivity contribution >= 4 is 23.2 Å². The zero-order valence-corrected chi connectivity index (χ0v) is 11.0. The van der Waals surface area contributed by atoms with Gasteiger partial charge in [-0.25, -0.2) is 0 Å². The number of nitro groups is 1. The largest absolute Gasteiger partial charge is 0.336 e. The Balaban J connectivity index is 2.92. The van der Waals surface area contributed by atoms with Crippen molar-refractivity contribution < 1.29 is 9.72 Å². The molecule has 0 saturated heterocycles. The SMILES string of the molecule is CCCC(C#N)NC(=O)c1ccc(Cl)c([N+](=O)[O-])c1. The highest BCUT2D eigenvalue weighted by Crippen LogP contribution is 2.25. The van der Waals surface area contributed by atoms with E-state index in [-0.39, 0.29) is 16.3 Å². The Kier molecular flexibility index (Phi) is 5.27. The van der Waals surface area contributed by atoms with Crippen LogP contribution in [0, 0.1) is 21.4 Å². The summed E-state index contributed by atoms with van der Waals surface area (Å²) >= 11 is 5.65. The number of nitriles is 1. The topological polar surface area (TPSA) is 96.0 Å². The highest BCUT2D eigenvalue weighted by molar-refractivity contribution is 6.32. The summed E-state index contributed by atoms with van der Waals surface area (Å²) in [6.45, 7) is 1.89. The van der Waals surface area contributed by atoms with Crippen LogP contribution in [0.3, 0.4) is 0 Å². The third-order valence-electron chi connectivity index (χ3n) is 2.44. The summed E-state index contributed by atoms with van der Waals surface area (Å²) in [4.78, 5) is 21.9. The van der Waals surface area contributed by atoms with Gasteiger partial charge in [0.05, 0.1) is 11.0 Å². The van der Waals surface area contributed by atoms with Crippen molar-refractivity contribution in [2.75, 3.05) is 0 Å². The molecule has 1 atom stereocenters. The molecule has 1 aromatic rings. The Labute approximate surface area is 115 Å². The van der Waals surface area contributed by atoms with Crippen LogP contribution in [0.15, 0.2) is 18.2 Å². The second-order valence-electron chi connectivity index (χ2n) is 3.87. The number of halogens is 1. The van der Waals surface area contributed by atoms with Crippen LogP contribution in [0.5, 0.6) is 0 Å². The fourth-order valence-corrected chi connectivity index (χ4v) is 1.68. The quantitative estimate of drug-likeness (QED) is 0.663. The number of nitrogens with zero attached hydrogens (tertiary/aromatic N) is 2. The van der Waals surface area contributed by atoms with Crippen LogP contribution in [0.4, 0.5) is 5.69 Å². The summed E-state index contributed by atoms with van der Waals surface area (Å²) in [6.07, 6.45) is 1.27. The van der Waals surface area contributed by atoms with Crippen LogP contribution in [0.2, 0.25) is 5.02 Å². The molecular weight excluding hydrogens is 270 g/mol. The molecule has 7 heteroatoms. The van der Waals surface area contributed by atoms with Crippen molar-refractivity contribution in [2.45, 2.75) is 25.8 Å². The van der Waals surface area contributed by atoms with E-state index in [1.807, 2.05) is 13.0 Å². The maximum Gasteiger partial charge on any atom is 0.288 e. The number of hydrogen-bond donors (Lipinski definition) is 1. The third kappa shape index (κ3) is 3.93. The van der Waals surface area contributed by atoms with Crippen molar-refractivity contribution in [2.24, 2.45) is 0 Å². The molecule has 0 aromatic heterocycles. The number of carbonyl (C=O) groups excluding carboxylic acids is 1. The molecule has 1 rings (SSSR count). The van der Waals surface area contributed by atoms with Gasteiger partial charge in [-0.3, -0.25) is 14.9 Å². The third-order valence-corrected chi connectivity index (χ3v) is 2.76. The Morgan fingerprint density at radius 3 is 2.84 bits per heavy atom. The predicted octanol–water partition coefficient (Wildman–Crippen LogP) is 2.67. The van der Waals surface area contributed by atoms with E-state index in [2.05, 4.69) is 5.32 Å². The number of nitro benzene ring substituents is 1. The first-order chi connectivity index (χ1) is 8.99. The number of hydrogen-bond acceptors (Lipinski definition) is 4. The molecule has 19 heavy (non-hydrogen) atoms. The number of nitrogens with one attached hydrogen (secondary N) is 1. The van der Waals surface area contributed by atoms with E-state index in [0.717, 1.165) is 12.5 Å². The smallest absolute Gasteiger partial charge is 0.288 e. The maximum atomic E-state index is 11.8. The van der Waals surface area contributed by atoms with Crippen molar-refractivity contribution in [1.82, 2.24) is 5.32 Å². The molecule has 0 fully saturated rings.